The van der Waals surface area contributed by atoms with E-state index in [0.717, 1.165) is 5.75 Å². The van der Waals surface area contributed by atoms with Crippen LogP contribution in [0.25, 0.3) is 0 Å². The lowest BCUT2D eigenvalue weighted by molar-refractivity contribution is 0.104. The fraction of sp³-hybridized carbons (Fsp3) is 0.273. The number of benzene rings is 1. The lowest BCUT2D eigenvalue weighted by Crippen LogP contribution is -2.05. The monoisotopic (exact) mass is 177 g/mol. The van der Waals surface area contributed by atoms with Gasteiger partial charge < -0.3 is 4.74 Å². The van der Waals surface area contributed by atoms with Crippen LogP contribution in [0.3, 0.4) is 0 Å². The second kappa shape index (κ2) is 4.08. The summed E-state index contributed by atoms with van der Waals surface area (Å²) in [6.45, 7) is 7.24. The molecule has 0 spiro atoms. The van der Waals surface area contributed by atoms with E-state index in [9.17, 15) is 4.79 Å². The van der Waals surface area contributed by atoms with Gasteiger partial charge in [-0.15, -0.1) is 0 Å². The minimum atomic E-state index is -0.170. The third-order valence-corrected chi connectivity index (χ3v) is 1.55. The van der Waals surface area contributed by atoms with E-state index in [2.05, 4.69) is 6.92 Å². The third-order valence-electron chi connectivity index (χ3n) is 1.55. The maximum absolute atomic E-state index is 10.8. The standard InChI is InChI=1S/C11H13O2/c1-8(2)13-11-6-4-10(5-7-11)9(3)12/h4-8H,3H2,1-2H3. The van der Waals surface area contributed by atoms with Crippen LogP contribution in [0.5, 0.6) is 5.75 Å². The van der Waals surface area contributed by atoms with Crippen molar-refractivity contribution in [3.8, 4) is 5.75 Å². The highest BCUT2D eigenvalue weighted by molar-refractivity contribution is 5.99. The van der Waals surface area contributed by atoms with Crippen LogP contribution in [-0.2, 0) is 0 Å². The Morgan fingerprint density at radius 2 is 1.85 bits per heavy atom. The number of hydrogen-bond donors (Lipinski definition) is 0. The van der Waals surface area contributed by atoms with Gasteiger partial charge in [-0.25, -0.2) is 0 Å². The molecule has 69 valence electrons. The van der Waals surface area contributed by atoms with Gasteiger partial charge in [-0.1, -0.05) is 0 Å². The molecule has 0 fully saturated rings. The van der Waals surface area contributed by atoms with Gasteiger partial charge in [-0.2, -0.15) is 0 Å². The summed E-state index contributed by atoms with van der Waals surface area (Å²) in [4.78, 5) is 10.8. The highest BCUT2D eigenvalue weighted by atomic mass is 16.5. The normalized spacial score (nSPS) is 10.2. The molecule has 1 aromatic rings. The number of ketones is 1. The molecule has 0 aliphatic carbocycles. The molecule has 0 atom stereocenters. The quantitative estimate of drug-likeness (QED) is 0.663. The van der Waals surface area contributed by atoms with Gasteiger partial charge in [0.1, 0.15) is 5.75 Å². The van der Waals surface area contributed by atoms with Crippen molar-refractivity contribution < 1.29 is 9.53 Å². The summed E-state index contributed by atoms with van der Waals surface area (Å²) < 4.78 is 5.42. The van der Waals surface area contributed by atoms with Crippen LogP contribution in [0.15, 0.2) is 24.3 Å². The van der Waals surface area contributed by atoms with E-state index in [-0.39, 0.29) is 11.9 Å². The molecule has 0 amide bonds. The summed E-state index contributed by atoms with van der Waals surface area (Å²) in [5.74, 6) is 0.607. The molecule has 1 rings (SSSR count). The average Bonchev–Trinajstić information content (AvgIpc) is 2.04. The van der Waals surface area contributed by atoms with Crippen LogP contribution in [0.4, 0.5) is 0 Å². The van der Waals surface area contributed by atoms with Crippen LogP contribution in [-0.4, -0.2) is 11.9 Å². The SMILES string of the molecule is [CH2]C(=O)c1ccc(OC(C)C)cc1. The van der Waals surface area contributed by atoms with Crippen molar-refractivity contribution in [2.75, 3.05) is 0 Å². The predicted molar refractivity (Wildman–Crippen MR) is 51.9 cm³/mol. The van der Waals surface area contributed by atoms with Crippen LogP contribution < -0.4 is 4.74 Å². The van der Waals surface area contributed by atoms with Gasteiger partial charge in [0.05, 0.1) is 6.10 Å². The van der Waals surface area contributed by atoms with Crippen LogP contribution in [0, 0.1) is 6.92 Å². The van der Waals surface area contributed by atoms with E-state index in [4.69, 9.17) is 4.74 Å². The first kappa shape index (κ1) is 9.78. The van der Waals surface area contributed by atoms with Gasteiger partial charge in [0.2, 0.25) is 0 Å². The zero-order valence-corrected chi connectivity index (χ0v) is 7.91. The number of Topliss-reactive ketones (excluding diaryl/α,β-unsaturated/α-hetero) is 1. The first-order chi connectivity index (χ1) is 6.09. The Balaban J connectivity index is 2.75. The Labute approximate surface area is 78.5 Å². The van der Waals surface area contributed by atoms with Crippen LogP contribution in [0.1, 0.15) is 24.2 Å². The zero-order chi connectivity index (χ0) is 9.84. The van der Waals surface area contributed by atoms with Crippen molar-refractivity contribution in [2.45, 2.75) is 20.0 Å². The Bertz CT molecular complexity index is 285. The number of rotatable bonds is 3. The molecule has 0 bridgehead atoms. The van der Waals surface area contributed by atoms with Crippen molar-refractivity contribution in [3.05, 3.63) is 36.8 Å². The molecule has 2 nitrogen and oxygen atoms in total. The smallest absolute Gasteiger partial charge is 0.163 e. The van der Waals surface area contributed by atoms with Crippen molar-refractivity contribution in [1.29, 1.82) is 0 Å². The summed E-state index contributed by atoms with van der Waals surface area (Å²) in [7, 11) is 0. The number of carbonyl (C=O) groups excluding carboxylic acids is 1. The Kier molecular flexibility index (Phi) is 3.07. The second-order valence-corrected chi connectivity index (χ2v) is 3.11. The molecular weight excluding hydrogens is 164 g/mol. The lowest BCUT2D eigenvalue weighted by atomic mass is 10.1. The summed E-state index contributed by atoms with van der Waals surface area (Å²) in [5, 5.41) is 0. The van der Waals surface area contributed by atoms with E-state index in [1.165, 1.54) is 0 Å². The molecule has 0 aromatic heterocycles. The number of hydrogen-bond acceptors (Lipinski definition) is 2. The predicted octanol–water partition coefficient (Wildman–Crippen LogP) is 2.49. The molecule has 13 heavy (non-hydrogen) atoms. The number of carbonyl (C=O) groups is 1. The summed E-state index contributed by atoms with van der Waals surface area (Å²) in [6, 6.07) is 6.98. The molecule has 0 unspecified atom stereocenters. The minimum Gasteiger partial charge on any atom is -0.491 e. The Morgan fingerprint density at radius 1 is 1.31 bits per heavy atom. The van der Waals surface area contributed by atoms with Gasteiger partial charge in [0.25, 0.3) is 0 Å². The first-order valence-corrected chi connectivity index (χ1v) is 4.22. The summed E-state index contributed by atoms with van der Waals surface area (Å²) in [5.41, 5.74) is 0.608. The van der Waals surface area contributed by atoms with Crippen molar-refractivity contribution in [3.63, 3.8) is 0 Å². The van der Waals surface area contributed by atoms with Crippen LogP contribution >= 0.6 is 0 Å². The molecule has 1 radical (unpaired) electrons. The first-order valence-electron chi connectivity index (χ1n) is 4.22. The largest absolute Gasteiger partial charge is 0.491 e. The molecule has 2 heteroatoms. The molecular formula is C11H13O2. The van der Waals surface area contributed by atoms with Gasteiger partial charge in [-0.05, 0) is 38.1 Å². The van der Waals surface area contributed by atoms with Gasteiger partial charge in [-0.3, -0.25) is 4.79 Å². The summed E-state index contributed by atoms with van der Waals surface area (Å²) >= 11 is 0. The average molecular weight is 177 g/mol. The minimum absolute atomic E-state index is 0.154. The van der Waals surface area contributed by atoms with E-state index >= 15 is 0 Å². The lowest BCUT2D eigenvalue weighted by Gasteiger charge is -2.09. The van der Waals surface area contributed by atoms with E-state index in [0.29, 0.717) is 5.56 Å². The molecule has 0 saturated carbocycles. The Morgan fingerprint density at radius 3 is 2.23 bits per heavy atom. The molecule has 0 aliphatic rings. The topological polar surface area (TPSA) is 26.3 Å². The van der Waals surface area contributed by atoms with E-state index in [1.807, 2.05) is 13.8 Å². The highest BCUT2D eigenvalue weighted by Gasteiger charge is 2.00. The van der Waals surface area contributed by atoms with E-state index in [1.54, 1.807) is 24.3 Å². The molecule has 0 saturated heterocycles. The van der Waals surface area contributed by atoms with Crippen molar-refractivity contribution in [2.24, 2.45) is 0 Å². The molecule has 0 aliphatic heterocycles. The second-order valence-electron chi connectivity index (χ2n) is 3.11. The molecule has 1 aromatic carbocycles. The third kappa shape index (κ3) is 2.90. The van der Waals surface area contributed by atoms with Gasteiger partial charge in [0.15, 0.2) is 5.78 Å². The molecule has 0 heterocycles. The van der Waals surface area contributed by atoms with E-state index < -0.39 is 0 Å². The van der Waals surface area contributed by atoms with Crippen molar-refractivity contribution in [1.82, 2.24) is 0 Å². The van der Waals surface area contributed by atoms with Gasteiger partial charge in [0, 0.05) is 12.5 Å². The maximum atomic E-state index is 10.8. The van der Waals surface area contributed by atoms with Gasteiger partial charge >= 0.3 is 0 Å². The fourth-order valence-electron chi connectivity index (χ4n) is 0.992. The summed E-state index contributed by atoms with van der Waals surface area (Å²) in [6.07, 6.45) is 0.154. The molecule has 0 N–H and O–H groups in total. The highest BCUT2D eigenvalue weighted by Crippen LogP contribution is 2.13. The van der Waals surface area contributed by atoms with Crippen LogP contribution in [0.2, 0.25) is 0 Å². The number of ether oxygens (including phenoxy) is 1. The fourth-order valence-corrected chi connectivity index (χ4v) is 0.992. The zero-order valence-electron chi connectivity index (χ0n) is 7.91. The Hall–Kier alpha value is -1.31. The maximum Gasteiger partial charge on any atom is 0.163 e. The van der Waals surface area contributed by atoms with Crippen molar-refractivity contribution >= 4 is 5.78 Å².